The van der Waals surface area contributed by atoms with Gasteiger partial charge in [-0.15, -0.1) is 0 Å². The highest BCUT2D eigenvalue weighted by Crippen LogP contribution is 2.38. The molecule has 0 bridgehead atoms. The molecule has 2 aromatic carbocycles. The molecule has 2 heterocycles. The highest BCUT2D eigenvalue weighted by Gasteiger charge is 2.22. The number of nitrogens with zero attached hydrogens (tertiary/aromatic N) is 1. The number of ether oxygens (including phenoxy) is 3. The molecule has 0 radical (unpaired) electrons. The van der Waals surface area contributed by atoms with Crippen molar-refractivity contribution in [2.45, 2.75) is 19.3 Å². The number of amides is 2. The van der Waals surface area contributed by atoms with Gasteiger partial charge in [0.05, 0.1) is 11.4 Å². The third kappa shape index (κ3) is 5.08. The molecule has 0 atom stereocenters. The van der Waals surface area contributed by atoms with Gasteiger partial charge in [-0.3, -0.25) is 14.4 Å². The SMILES string of the molecule is O=C(COC(=O)Cc1cc(Cl)c2c(c1)OCCO2)Nc1cccc(N2CCCC2=O)c1. The molecule has 9 heteroatoms. The minimum absolute atomic E-state index is 0.0593. The van der Waals surface area contributed by atoms with Crippen LogP contribution in [0.1, 0.15) is 18.4 Å². The maximum Gasteiger partial charge on any atom is 0.310 e. The van der Waals surface area contributed by atoms with Crippen molar-refractivity contribution in [1.82, 2.24) is 0 Å². The number of hydrogen-bond donors (Lipinski definition) is 1. The first-order chi connectivity index (χ1) is 15.0. The van der Waals surface area contributed by atoms with E-state index in [2.05, 4.69) is 5.32 Å². The summed E-state index contributed by atoms with van der Waals surface area (Å²) in [6.45, 7) is 1.06. The fraction of sp³-hybridized carbons (Fsp3) is 0.318. The van der Waals surface area contributed by atoms with Gasteiger partial charge in [0.15, 0.2) is 18.1 Å². The molecule has 0 unspecified atom stereocenters. The van der Waals surface area contributed by atoms with E-state index in [4.69, 9.17) is 25.8 Å². The van der Waals surface area contributed by atoms with Crippen molar-refractivity contribution in [3.63, 3.8) is 0 Å². The maximum atomic E-state index is 12.2. The van der Waals surface area contributed by atoms with Crippen molar-refractivity contribution in [1.29, 1.82) is 0 Å². The first-order valence-electron chi connectivity index (χ1n) is 9.93. The van der Waals surface area contributed by atoms with E-state index in [1.807, 2.05) is 6.07 Å². The van der Waals surface area contributed by atoms with E-state index in [-0.39, 0.29) is 12.3 Å². The zero-order chi connectivity index (χ0) is 21.8. The summed E-state index contributed by atoms with van der Waals surface area (Å²) in [4.78, 5) is 37.9. The first-order valence-corrected chi connectivity index (χ1v) is 10.3. The topological polar surface area (TPSA) is 94.2 Å². The summed E-state index contributed by atoms with van der Waals surface area (Å²) >= 11 is 6.17. The van der Waals surface area contributed by atoms with Crippen molar-refractivity contribution in [2.75, 3.05) is 36.6 Å². The summed E-state index contributed by atoms with van der Waals surface area (Å²) in [7, 11) is 0. The highest BCUT2D eigenvalue weighted by atomic mass is 35.5. The van der Waals surface area contributed by atoms with E-state index in [0.717, 1.165) is 12.1 Å². The van der Waals surface area contributed by atoms with Crippen LogP contribution < -0.4 is 19.7 Å². The average Bonchev–Trinajstić information content (AvgIpc) is 3.18. The van der Waals surface area contributed by atoms with Crippen LogP contribution in [-0.2, 0) is 25.5 Å². The van der Waals surface area contributed by atoms with Crippen LogP contribution in [0.15, 0.2) is 36.4 Å². The largest absolute Gasteiger partial charge is 0.486 e. The van der Waals surface area contributed by atoms with Crippen molar-refractivity contribution in [2.24, 2.45) is 0 Å². The molecule has 31 heavy (non-hydrogen) atoms. The van der Waals surface area contributed by atoms with Gasteiger partial charge < -0.3 is 24.4 Å². The second-order valence-electron chi connectivity index (χ2n) is 7.19. The third-order valence-electron chi connectivity index (χ3n) is 4.88. The molecule has 0 saturated carbocycles. The number of fused-ring (bicyclic) bond motifs is 1. The van der Waals surface area contributed by atoms with Crippen LogP contribution in [0.2, 0.25) is 5.02 Å². The van der Waals surface area contributed by atoms with Crippen LogP contribution in [0.3, 0.4) is 0 Å². The van der Waals surface area contributed by atoms with Crippen LogP contribution in [0.25, 0.3) is 0 Å². The molecule has 1 N–H and O–H groups in total. The molecule has 2 aromatic rings. The molecule has 2 aliphatic rings. The number of hydrogen-bond acceptors (Lipinski definition) is 6. The molecule has 1 saturated heterocycles. The van der Waals surface area contributed by atoms with Gasteiger partial charge in [-0.05, 0) is 42.3 Å². The summed E-state index contributed by atoms with van der Waals surface area (Å²) < 4.78 is 16.0. The lowest BCUT2D eigenvalue weighted by molar-refractivity contribution is -0.146. The zero-order valence-corrected chi connectivity index (χ0v) is 17.4. The standard InChI is InChI=1S/C22H21ClN2O6/c23-17-9-14(10-18-22(17)30-8-7-29-18)11-21(28)31-13-19(26)24-15-3-1-4-16(12-15)25-6-2-5-20(25)27/h1,3-4,9-10,12H,2,5-8,11,13H2,(H,24,26). The second kappa shape index (κ2) is 9.26. The van der Waals surface area contributed by atoms with Crippen LogP contribution in [0, 0.1) is 0 Å². The predicted octanol–water partition coefficient (Wildman–Crippen LogP) is 2.96. The number of carbonyl (C=O) groups is 3. The molecule has 8 nitrogen and oxygen atoms in total. The smallest absolute Gasteiger partial charge is 0.310 e. The number of halogens is 1. The summed E-state index contributed by atoms with van der Waals surface area (Å²) in [6, 6.07) is 10.3. The van der Waals surface area contributed by atoms with Crippen LogP contribution >= 0.6 is 11.6 Å². The van der Waals surface area contributed by atoms with Crippen LogP contribution in [0.5, 0.6) is 11.5 Å². The van der Waals surface area contributed by atoms with Gasteiger partial charge in [-0.1, -0.05) is 17.7 Å². The number of nitrogens with one attached hydrogen (secondary N) is 1. The molecule has 4 rings (SSSR count). The van der Waals surface area contributed by atoms with Gasteiger partial charge in [0.2, 0.25) is 5.91 Å². The second-order valence-corrected chi connectivity index (χ2v) is 7.59. The van der Waals surface area contributed by atoms with E-state index >= 15 is 0 Å². The molecule has 2 aliphatic heterocycles. The Morgan fingerprint density at radius 1 is 1.16 bits per heavy atom. The lowest BCUT2D eigenvalue weighted by Crippen LogP contribution is -2.24. The van der Waals surface area contributed by atoms with E-state index in [1.165, 1.54) is 0 Å². The fourth-order valence-corrected chi connectivity index (χ4v) is 3.79. The Hall–Kier alpha value is -3.26. The van der Waals surface area contributed by atoms with Crippen molar-refractivity contribution < 1.29 is 28.6 Å². The Bertz CT molecular complexity index is 1030. The summed E-state index contributed by atoms with van der Waals surface area (Å²) in [5.74, 6) is -0.0349. The minimum Gasteiger partial charge on any atom is -0.486 e. The normalized spacial score (nSPS) is 15.0. The van der Waals surface area contributed by atoms with E-state index in [0.29, 0.717) is 54.0 Å². The Balaban J connectivity index is 1.30. The molecule has 1 fully saturated rings. The number of carbonyl (C=O) groups excluding carboxylic acids is 3. The van der Waals surface area contributed by atoms with Gasteiger partial charge in [-0.2, -0.15) is 0 Å². The van der Waals surface area contributed by atoms with E-state index in [9.17, 15) is 14.4 Å². The van der Waals surface area contributed by atoms with Gasteiger partial charge in [-0.25, -0.2) is 0 Å². The summed E-state index contributed by atoms with van der Waals surface area (Å²) in [6.07, 6.45) is 1.29. The van der Waals surface area contributed by atoms with Crippen LogP contribution in [0.4, 0.5) is 11.4 Å². The number of benzene rings is 2. The first kappa shape index (κ1) is 21.0. The van der Waals surface area contributed by atoms with Crippen LogP contribution in [-0.4, -0.2) is 44.1 Å². The monoisotopic (exact) mass is 444 g/mol. The molecular weight excluding hydrogens is 424 g/mol. The number of rotatable bonds is 6. The molecule has 162 valence electrons. The van der Waals surface area contributed by atoms with Gasteiger partial charge in [0.1, 0.15) is 13.2 Å². The molecule has 0 aromatic heterocycles. The zero-order valence-electron chi connectivity index (χ0n) is 16.7. The van der Waals surface area contributed by atoms with Crippen molar-refractivity contribution >= 4 is 40.8 Å². The maximum absolute atomic E-state index is 12.2. The summed E-state index contributed by atoms with van der Waals surface area (Å²) in [5, 5.41) is 3.03. The highest BCUT2D eigenvalue weighted by molar-refractivity contribution is 6.32. The van der Waals surface area contributed by atoms with Gasteiger partial charge in [0, 0.05) is 24.3 Å². The predicted molar refractivity (Wildman–Crippen MR) is 114 cm³/mol. The molecule has 0 aliphatic carbocycles. The quantitative estimate of drug-likeness (QED) is 0.688. The number of esters is 1. The van der Waals surface area contributed by atoms with E-state index in [1.54, 1.807) is 35.2 Å². The minimum atomic E-state index is -0.570. The Kier molecular flexibility index (Phi) is 6.27. The molecule has 0 spiro atoms. The third-order valence-corrected chi connectivity index (χ3v) is 5.17. The Morgan fingerprint density at radius 3 is 2.81 bits per heavy atom. The fourth-order valence-electron chi connectivity index (χ4n) is 3.50. The molecule has 2 amide bonds. The van der Waals surface area contributed by atoms with Gasteiger partial charge in [0.25, 0.3) is 5.91 Å². The van der Waals surface area contributed by atoms with E-state index < -0.39 is 18.5 Å². The number of anilines is 2. The van der Waals surface area contributed by atoms with Crippen molar-refractivity contribution in [3.8, 4) is 11.5 Å². The average molecular weight is 445 g/mol. The Morgan fingerprint density at radius 2 is 2.00 bits per heavy atom. The summed E-state index contributed by atoms with van der Waals surface area (Å²) in [5.41, 5.74) is 1.85. The Labute approximate surface area is 184 Å². The lowest BCUT2D eigenvalue weighted by atomic mass is 10.1. The van der Waals surface area contributed by atoms with Gasteiger partial charge >= 0.3 is 5.97 Å². The molecular formula is C22H21ClN2O6. The lowest BCUT2D eigenvalue weighted by Gasteiger charge is -2.20. The van der Waals surface area contributed by atoms with Crippen molar-refractivity contribution in [3.05, 3.63) is 47.0 Å².